The number of amides is 1. The highest BCUT2D eigenvalue weighted by atomic mass is 32.2. The van der Waals surface area contributed by atoms with Crippen LogP contribution in [0.1, 0.15) is 43.6 Å². The zero-order valence-corrected chi connectivity index (χ0v) is 19.0. The van der Waals surface area contributed by atoms with Crippen LogP contribution in [0.25, 0.3) is 0 Å². The number of carbonyl (C=O) groups excluding carboxylic acids is 1. The van der Waals surface area contributed by atoms with E-state index in [0.717, 1.165) is 5.56 Å². The van der Waals surface area contributed by atoms with Crippen LogP contribution in [0.4, 0.5) is 0 Å². The first-order chi connectivity index (χ1) is 14.2. The van der Waals surface area contributed by atoms with E-state index in [-0.39, 0.29) is 16.8 Å². The number of nitrogens with zero attached hydrogens (tertiary/aromatic N) is 1. The third kappa shape index (κ3) is 5.96. The third-order valence-corrected chi connectivity index (χ3v) is 6.05. The summed E-state index contributed by atoms with van der Waals surface area (Å²) in [6.45, 7) is 8.74. The van der Waals surface area contributed by atoms with E-state index in [1.165, 1.54) is 12.1 Å². The molecule has 0 aromatic heterocycles. The summed E-state index contributed by atoms with van der Waals surface area (Å²) < 4.78 is 38.0. The molecule has 0 bridgehead atoms. The van der Waals surface area contributed by atoms with Gasteiger partial charge in [-0.25, -0.2) is 13.1 Å². The average molecular weight is 435 g/mol. The molecular formula is C22H30N2O5S. The van der Waals surface area contributed by atoms with E-state index >= 15 is 0 Å². The van der Waals surface area contributed by atoms with Crippen LogP contribution in [0.2, 0.25) is 0 Å². The summed E-state index contributed by atoms with van der Waals surface area (Å²) in [4.78, 5) is 14.8. The van der Waals surface area contributed by atoms with Gasteiger partial charge in [-0.2, -0.15) is 0 Å². The Kier molecular flexibility index (Phi) is 8.25. The summed E-state index contributed by atoms with van der Waals surface area (Å²) in [6.07, 6.45) is 0. The van der Waals surface area contributed by atoms with Crippen molar-refractivity contribution in [2.75, 3.05) is 20.3 Å². The molecule has 0 unspecified atom stereocenters. The van der Waals surface area contributed by atoms with E-state index in [4.69, 9.17) is 9.47 Å². The topological polar surface area (TPSA) is 84.9 Å². The Bertz CT molecular complexity index is 956. The van der Waals surface area contributed by atoms with Crippen LogP contribution in [0.5, 0.6) is 11.5 Å². The molecule has 164 valence electrons. The smallest absolute Gasteiger partial charge is 0.254 e. The van der Waals surface area contributed by atoms with E-state index in [2.05, 4.69) is 4.72 Å². The molecule has 2 aromatic rings. The number of sulfonamides is 1. The van der Waals surface area contributed by atoms with Crippen molar-refractivity contribution in [1.29, 1.82) is 0 Å². The fraction of sp³-hybridized carbons (Fsp3) is 0.409. The highest BCUT2D eigenvalue weighted by Crippen LogP contribution is 2.28. The van der Waals surface area contributed by atoms with Gasteiger partial charge in [-0.3, -0.25) is 4.79 Å². The summed E-state index contributed by atoms with van der Waals surface area (Å²) >= 11 is 0. The van der Waals surface area contributed by atoms with Crippen molar-refractivity contribution in [2.45, 2.75) is 45.2 Å². The van der Waals surface area contributed by atoms with Crippen LogP contribution in [0.15, 0.2) is 47.4 Å². The molecule has 30 heavy (non-hydrogen) atoms. The van der Waals surface area contributed by atoms with Crippen molar-refractivity contribution in [2.24, 2.45) is 0 Å². The third-order valence-electron chi connectivity index (χ3n) is 4.37. The van der Waals surface area contributed by atoms with Crippen molar-refractivity contribution >= 4 is 15.9 Å². The molecule has 1 amide bonds. The Labute approximate surface area is 179 Å². The Hall–Kier alpha value is -2.58. The lowest BCUT2D eigenvalue weighted by atomic mass is 10.1. The highest BCUT2D eigenvalue weighted by Gasteiger charge is 2.19. The largest absolute Gasteiger partial charge is 0.493 e. The molecule has 7 nitrogen and oxygen atoms in total. The Balaban J connectivity index is 2.18. The van der Waals surface area contributed by atoms with Crippen LogP contribution in [-0.4, -0.2) is 45.5 Å². The first-order valence-corrected chi connectivity index (χ1v) is 11.4. The van der Waals surface area contributed by atoms with Gasteiger partial charge < -0.3 is 14.4 Å². The van der Waals surface area contributed by atoms with E-state index in [0.29, 0.717) is 36.8 Å². The van der Waals surface area contributed by atoms with Gasteiger partial charge in [0, 0.05) is 24.7 Å². The van der Waals surface area contributed by atoms with Crippen molar-refractivity contribution in [3.63, 3.8) is 0 Å². The summed E-state index contributed by atoms with van der Waals surface area (Å²) in [7, 11) is -2.02. The van der Waals surface area contributed by atoms with E-state index < -0.39 is 10.0 Å². The predicted octanol–water partition coefficient (Wildman–Crippen LogP) is 3.44. The number of hydrogen-bond acceptors (Lipinski definition) is 5. The fourth-order valence-electron chi connectivity index (χ4n) is 2.97. The second-order valence-corrected chi connectivity index (χ2v) is 8.75. The number of nitrogens with one attached hydrogen (secondary N) is 1. The Morgan fingerprint density at radius 2 is 1.73 bits per heavy atom. The minimum Gasteiger partial charge on any atom is -0.493 e. The minimum atomic E-state index is -3.59. The van der Waals surface area contributed by atoms with Crippen LogP contribution < -0.4 is 14.2 Å². The lowest BCUT2D eigenvalue weighted by molar-refractivity contribution is 0.0752. The number of methoxy groups -OCH3 is 1. The molecule has 0 heterocycles. The molecule has 8 heteroatoms. The van der Waals surface area contributed by atoms with Crippen molar-refractivity contribution < 1.29 is 22.7 Å². The summed E-state index contributed by atoms with van der Waals surface area (Å²) in [5.74, 6) is 1.10. The van der Waals surface area contributed by atoms with Crippen molar-refractivity contribution in [3.8, 4) is 11.5 Å². The van der Waals surface area contributed by atoms with Crippen molar-refractivity contribution in [1.82, 2.24) is 9.62 Å². The molecule has 0 aliphatic heterocycles. The second kappa shape index (κ2) is 10.4. The molecule has 2 rings (SSSR count). The number of benzene rings is 2. The zero-order valence-electron chi connectivity index (χ0n) is 18.1. The molecule has 0 radical (unpaired) electrons. The van der Waals surface area contributed by atoms with Gasteiger partial charge in [0.15, 0.2) is 11.5 Å². The van der Waals surface area contributed by atoms with E-state index in [9.17, 15) is 13.2 Å². The summed E-state index contributed by atoms with van der Waals surface area (Å²) in [6, 6.07) is 11.4. The van der Waals surface area contributed by atoms with Crippen LogP contribution in [0, 0.1) is 0 Å². The number of rotatable bonds is 10. The molecule has 0 fully saturated rings. The maximum Gasteiger partial charge on any atom is 0.254 e. The molecule has 0 atom stereocenters. The molecule has 1 N–H and O–H groups in total. The van der Waals surface area contributed by atoms with Crippen molar-refractivity contribution in [3.05, 3.63) is 53.6 Å². The minimum absolute atomic E-state index is 0.132. The van der Waals surface area contributed by atoms with Gasteiger partial charge >= 0.3 is 0 Å². The first kappa shape index (κ1) is 23.7. The molecule has 2 aromatic carbocycles. The Morgan fingerprint density at radius 1 is 1.07 bits per heavy atom. The number of carbonyl (C=O) groups is 1. The zero-order chi connectivity index (χ0) is 22.3. The van der Waals surface area contributed by atoms with Gasteiger partial charge in [-0.1, -0.05) is 6.07 Å². The van der Waals surface area contributed by atoms with Gasteiger partial charge in [0.05, 0.1) is 18.6 Å². The van der Waals surface area contributed by atoms with Crippen LogP contribution in [0.3, 0.4) is 0 Å². The van der Waals surface area contributed by atoms with E-state index in [1.807, 2.05) is 32.0 Å². The number of ether oxygens (including phenoxy) is 2. The van der Waals surface area contributed by atoms with Crippen LogP contribution in [-0.2, 0) is 16.6 Å². The maximum atomic E-state index is 12.9. The van der Waals surface area contributed by atoms with Gasteiger partial charge in [0.25, 0.3) is 5.91 Å². The molecular weight excluding hydrogens is 404 g/mol. The normalized spacial score (nSPS) is 11.4. The van der Waals surface area contributed by atoms with Gasteiger partial charge in [0.1, 0.15) is 0 Å². The van der Waals surface area contributed by atoms with Crippen LogP contribution >= 0.6 is 0 Å². The first-order valence-electron chi connectivity index (χ1n) is 9.93. The highest BCUT2D eigenvalue weighted by molar-refractivity contribution is 7.89. The maximum absolute atomic E-state index is 12.9. The Morgan fingerprint density at radius 3 is 2.27 bits per heavy atom. The van der Waals surface area contributed by atoms with Gasteiger partial charge in [-0.15, -0.1) is 0 Å². The predicted molar refractivity (Wildman–Crippen MR) is 116 cm³/mol. The fourth-order valence-corrected chi connectivity index (χ4v) is 4.22. The molecule has 0 saturated heterocycles. The lowest BCUT2D eigenvalue weighted by Gasteiger charge is -2.22. The lowest BCUT2D eigenvalue weighted by Crippen LogP contribution is -2.31. The SMILES string of the molecule is CCOc1ccc(CN(CC)C(=O)c2ccc(S(=O)(=O)NC(C)C)cc2)cc1OC. The molecule has 0 aliphatic carbocycles. The van der Waals surface area contributed by atoms with Gasteiger partial charge in [-0.05, 0) is 69.7 Å². The quantitative estimate of drug-likeness (QED) is 0.619. The summed E-state index contributed by atoms with van der Waals surface area (Å²) in [5, 5.41) is 0. The summed E-state index contributed by atoms with van der Waals surface area (Å²) in [5.41, 5.74) is 1.34. The van der Waals surface area contributed by atoms with E-state index in [1.54, 1.807) is 38.0 Å². The molecule has 0 spiro atoms. The number of hydrogen-bond donors (Lipinski definition) is 1. The molecule has 0 saturated carbocycles. The standard InChI is InChI=1S/C22H30N2O5S/c1-6-24(15-17-8-13-20(29-7-2)21(14-17)28-5)22(25)18-9-11-19(12-10-18)30(26,27)23-16(3)4/h8-14,16,23H,6-7,15H2,1-5H3. The molecule has 0 aliphatic rings. The monoisotopic (exact) mass is 434 g/mol. The van der Waals surface area contributed by atoms with Gasteiger partial charge in [0.2, 0.25) is 10.0 Å². The average Bonchev–Trinajstić information content (AvgIpc) is 2.71. The second-order valence-electron chi connectivity index (χ2n) is 7.04.